The van der Waals surface area contributed by atoms with E-state index in [-0.39, 0.29) is 0 Å². The zero-order valence-electron chi connectivity index (χ0n) is 13.0. The fourth-order valence-electron chi connectivity index (χ4n) is 3.93. The van der Waals surface area contributed by atoms with E-state index in [1.54, 1.807) is 0 Å². The fraction of sp³-hybridized carbons (Fsp3) is 0.667. The van der Waals surface area contributed by atoms with Crippen LogP contribution >= 0.6 is 0 Å². The number of rotatable bonds is 2. The van der Waals surface area contributed by atoms with Crippen LogP contribution in [-0.2, 0) is 0 Å². The highest BCUT2D eigenvalue weighted by Gasteiger charge is 2.36. The summed E-state index contributed by atoms with van der Waals surface area (Å²) in [6.07, 6.45) is 5.41. The van der Waals surface area contributed by atoms with E-state index in [1.165, 1.54) is 31.2 Å². The van der Waals surface area contributed by atoms with Gasteiger partial charge >= 0.3 is 0 Å². The lowest BCUT2D eigenvalue weighted by Crippen LogP contribution is -2.46. The topological polar surface area (TPSA) is 21.3 Å². The molecule has 1 aliphatic carbocycles. The SMILES string of the molecule is CC(C)(C)C1CCCCC1NC1COc2ccccc21. The van der Waals surface area contributed by atoms with Gasteiger partial charge in [-0.3, -0.25) is 0 Å². The molecule has 1 N–H and O–H groups in total. The first-order chi connectivity index (χ1) is 9.55. The second-order valence-electron chi connectivity index (χ2n) is 7.43. The highest BCUT2D eigenvalue weighted by atomic mass is 16.5. The first-order valence-electron chi connectivity index (χ1n) is 8.03. The van der Waals surface area contributed by atoms with Gasteiger partial charge in [0.2, 0.25) is 0 Å². The van der Waals surface area contributed by atoms with Crippen LogP contribution in [0.1, 0.15) is 58.1 Å². The summed E-state index contributed by atoms with van der Waals surface area (Å²) < 4.78 is 5.81. The van der Waals surface area contributed by atoms with Crippen LogP contribution in [0.2, 0.25) is 0 Å². The van der Waals surface area contributed by atoms with Crippen molar-refractivity contribution in [1.82, 2.24) is 5.32 Å². The molecule has 1 heterocycles. The van der Waals surface area contributed by atoms with Crippen LogP contribution in [0.3, 0.4) is 0 Å². The summed E-state index contributed by atoms with van der Waals surface area (Å²) >= 11 is 0. The smallest absolute Gasteiger partial charge is 0.124 e. The Morgan fingerprint density at radius 3 is 2.65 bits per heavy atom. The highest BCUT2D eigenvalue weighted by Crippen LogP contribution is 2.40. The van der Waals surface area contributed by atoms with Crippen LogP contribution in [0.4, 0.5) is 0 Å². The molecule has 1 fully saturated rings. The molecule has 2 heteroatoms. The molecule has 1 aliphatic heterocycles. The average molecular weight is 273 g/mol. The molecular formula is C18H27NO. The van der Waals surface area contributed by atoms with Gasteiger partial charge in [-0.05, 0) is 30.2 Å². The molecule has 0 aromatic heterocycles. The van der Waals surface area contributed by atoms with Gasteiger partial charge in [0.05, 0.1) is 6.04 Å². The van der Waals surface area contributed by atoms with Crippen molar-refractivity contribution in [3.63, 3.8) is 0 Å². The van der Waals surface area contributed by atoms with Gasteiger partial charge in [0, 0.05) is 11.6 Å². The van der Waals surface area contributed by atoms with Crippen molar-refractivity contribution < 1.29 is 4.74 Å². The van der Waals surface area contributed by atoms with Crippen LogP contribution in [0.5, 0.6) is 5.75 Å². The van der Waals surface area contributed by atoms with Crippen LogP contribution in [0.25, 0.3) is 0 Å². The molecule has 0 bridgehead atoms. The second-order valence-corrected chi connectivity index (χ2v) is 7.43. The predicted octanol–water partition coefficient (Wildman–Crippen LogP) is 4.31. The number of benzene rings is 1. The minimum Gasteiger partial charge on any atom is -0.491 e. The molecule has 3 rings (SSSR count). The minimum absolute atomic E-state index is 0.374. The third kappa shape index (κ3) is 2.71. The van der Waals surface area contributed by atoms with Crippen molar-refractivity contribution in [2.24, 2.45) is 11.3 Å². The largest absolute Gasteiger partial charge is 0.491 e. The van der Waals surface area contributed by atoms with Crippen LogP contribution in [0.15, 0.2) is 24.3 Å². The molecule has 0 saturated heterocycles. The number of fused-ring (bicyclic) bond motifs is 1. The van der Waals surface area contributed by atoms with Gasteiger partial charge < -0.3 is 10.1 Å². The van der Waals surface area contributed by atoms with E-state index in [4.69, 9.17) is 4.74 Å². The molecular weight excluding hydrogens is 246 g/mol. The zero-order chi connectivity index (χ0) is 14.2. The summed E-state index contributed by atoms with van der Waals surface area (Å²) in [6.45, 7) is 7.94. The monoisotopic (exact) mass is 273 g/mol. The first kappa shape index (κ1) is 13.9. The van der Waals surface area contributed by atoms with E-state index >= 15 is 0 Å². The van der Waals surface area contributed by atoms with Gasteiger partial charge in [-0.15, -0.1) is 0 Å². The Hall–Kier alpha value is -1.02. The first-order valence-corrected chi connectivity index (χ1v) is 8.03. The van der Waals surface area contributed by atoms with Gasteiger partial charge in [0.1, 0.15) is 12.4 Å². The van der Waals surface area contributed by atoms with E-state index < -0.39 is 0 Å². The number of nitrogens with one attached hydrogen (secondary N) is 1. The molecule has 20 heavy (non-hydrogen) atoms. The maximum absolute atomic E-state index is 5.81. The molecule has 0 radical (unpaired) electrons. The summed E-state index contributed by atoms with van der Waals surface area (Å²) in [5.74, 6) is 1.83. The molecule has 1 aromatic carbocycles. The van der Waals surface area contributed by atoms with E-state index in [2.05, 4.69) is 50.4 Å². The minimum atomic E-state index is 0.374. The van der Waals surface area contributed by atoms with Crippen molar-refractivity contribution in [3.8, 4) is 5.75 Å². The number of hydrogen-bond donors (Lipinski definition) is 1. The van der Waals surface area contributed by atoms with Crippen molar-refractivity contribution >= 4 is 0 Å². The molecule has 1 saturated carbocycles. The van der Waals surface area contributed by atoms with Crippen LogP contribution in [0, 0.1) is 11.3 Å². The molecule has 0 spiro atoms. The Balaban J connectivity index is 1.74. The Bertz CT molecular complexity index is 463. The summed E-state index contributed by atoms with van der Waals surface area (Å²) in [6, 6.07) is 9.46. The Kier molecular flexibility index (Phi) is 3.76. The van der Waals surface area contributed by atoms with Gasteiger partial charge in [-0.1, -0.05) is 51.8 Å². The quantitative estimate of drug-likeness (QED) is 0.866. The van der Waals surface area contributed by atoms with E-state index in [1.807, 2.05) is 0 Å². The molecule has 1 aromatic rings. The third-order valence-electron chi connectivity index (χ3n) is 4.99. The zero-order valence-corrected chi connectivity index (χ0v) is 13.0. The Morgan fingerprint density at radius 2 is 1.85 bits per heavy atom. The maximum Gasteiger partial charge on any atom is 0.124 e. The predicted molar refractivity (Wildman–Crippen MR) is 83.0 cm³/mol. The standard InChI is InChI=1S/C18H27NO/c1-18(2,3)14-9-5-6-10-15(14)19-16-12-20-17-11-7-4-8-13(16)17/h4,7-8,11,14-16,19H,5-6,9-10,12H2,1-3H3. The van der Waals surface area contributed by atoms with Crippen LogP contribution < -0.4 is 10.1 Å². The molecule has 3 atom stereocenters. The van der Waals surface area contributed by atoms with Crippen LogP contribution in [-0.4, -0.2) is 12.6 Å². The van der Waals surface area contributed by atoms with Crippen molar-refractivity contribution in [2.75, 3.05) is 6.61 Å². The molecule has 3 unspecified atom stereocenters. The second kappa shape index (κ2) is 5.40. The Morgan fingerprint density at radius 1 is 1.10 bits per heavy atom. The maximum atomic E-state index is 5.81. The van der Waals surface area contributed by atoms with Gasteiger partial charge in [0.15, 0.2) is 0 Å². The summed E-state index contributed by atoms with van der Waals surface area (Å²) in [5.41, 5.74) is 1.72. The number of ether oxygens (including phenoxy) is 1. The lowest BCUT2D eigenvalue weighted by Gasteiger charge is -2.42. The lowest BCUT2D eigenvalue weighted by atomic mass is 9.69. The third-order valence-corrected chi connectivity index (χ3v) is 4.99. The van der Waals surface area contributed by atoms with Gasteiger partial charge in [-0.2, -0.15) is 0 Å². The summed E-state index contributed by atoms with van der Waals surface area (Å²) in [7, 11) is 0. The van der Waals surface area contributed by atoms with Crippen molar-refractivity contribution in [3.05, 3.63) is 29.8 Å². The van der Waals surface area contributed by atoms with E-state index in [0.717, 1.165) is 18.3 Å². The highest BCUT2D eigenvalue weighted by molar-refractivity contribution is 5.39. The van der Waals surface area contributed by atoms with Crippen molar-refractivity contribution in [2.45, 2.75) is 58.5 Å². The van der Waals surface area contributed by atoms with Crippen molar-refractivity contribution in [1.29, 1.82) is 0 Å². The average Bonchev–Trinajstić information content (AvgIpc) is 2.82. The number of para-hydroxylation sites is 1. The molecule has 110 valence electrons. The molecule has 2 aliphatic rings. The molecule has 0 amide bonds. The van der Waals surface area contributed by atoms with Gasteiger partial charge in [-0.25, -0.2) is 0 Å². The van der Waals surface area contributed by atoms with E-state index in [9.17, 15) is 0 Å². The van der Waals surface area contributed by atoms with Gasteiger partial charge in [0.25, 0.3) is 0 Å². The van der Waals surface area contributed by atoms with E-state index in [0.29, 0.717) is 17.5 Å². The number of hydrogen-bond acceptors (Lipinski definition) is 2. The molecule has 2 nitrogen and oxygen atoms in total. The fourth-order valence-corrected chi connectivity index (χ4v) is 3.93. The normalized spacial score (nSPS) is 29.9. The lowest BCUT2D eigenvalue weighted by molar-refractivity contribution is 0.119. The summed E-state index contributed by atoms with van der Waals surface area (Å²) in [4.78, 5) is 0. The Labute approximate surface area is 122 Å². The summed E-state index contributed by atoms with van der Waals surface area (Å²) in [5, 5.41) is 3.91.